The summed E-state index contributed by atoms with van der Waals surface area (Å²) in [6.45, 7) is 8.92. The van der Waals surface area contributed by atoms with Crippen molar-refractivity contribution in [3.8, 4) is 6.07 Å². The van der Waals surface area contributed by atoms with E-state index in [4.69, 9.17) is 5.73 Å². The zero-order chi connectivity index (χ0) is 12.9. The minimum absolute atomic E-state index is 0.394. The Morgan fingerprint density at radius 2 is 2.18 bits per heavy atom. The van der Waals surface area contributed by atoms with Crippen molar-refractivity contribution in [1.82, 2.24) is 4.90 Å². The minimum atomic E-state index is -0.547. The molecule has 0 radical (unpaired) electrons. The smallest absolute Gasteiger partial charge is 0.107 e. The first kappa shape index (κ1) is 14.5. The van der Waals surface area contributed by atoms with E-state index in [1.54, 1.807) is 0 Å². The van der Waals surface area contributed by atoms with Gasteiger partial charge < -0.3 is 10.6 Å². The first-order valence-corrected chi connectivity index (χ1v) is 6.97. The van der Waals surface area contributed by atoms with Crippen molar-refractivity contribution >= 4 is 0 Å². The van der Waals surface area contributed by atoms with Crippen LogP contribution in [0.25, 0.3) is 0 Å². The van der Waals surface area contributed by atoms with Gasteiger partial charge in [0.15, 0.2) is 0 Å². The lowest BCUT2D eigenvalue weighted by Gasteiger charge is -2.30. The topological polar surface area (TPSA) is 53.0 Å². The normalized spacial score (nSPS) is 28.9. The number of nitrogens with two attached hydrogens (primary N) is 1. The Bertz CT molecular complexity index is 269. The average Bonchev–Trinajstić information content (AvgIpc) is 2.66. The molecule has 1 aliphatic rings. The van der Waals surface area contributed by atoms with Crippen LogP contribution in [0.15, 0.2) is 0 Å². The first-order valence-electron chi connectivity index (χ1n) is 6.97. The summed E-state index contributed by atoms with van der Waals surface area (Å²) in [7, 11) is 0. The van der Waals surface area contributed by atoms with Crippen LogP contribution in [0.3, 0.4) is 0 Å². The highest BCUT2D eigenvalue weighted by Gasteiger charge is 2.39. The van der Waals surface area contributed by atoms with Crippen LogP contribution < -0.4 is 5.73 Å². The lowest BCUT2D eigenvalue weighted by Crippen LogP contribution is -2.43. The third kappa shape index (κ3) is 3.69. The van der Waals surface area contributed by atoms with E-state index in [-0.39, 0.29) is 0 Å². The van der Waals surface area contributed by atoms with Gasteiger partial charge in [0.05, 0.1) is 6.07 Å². The SMILES string of the molecule is CCCN(CCC1CCCC1(N)C#N)C(C)C. The standard InChI is InChI=1S/C14H27N3/c1-4-9-17(12(2)3)10-7-13-6-5-8-14(13,16)11-15/h12-13H,4-10,16H2,1-3H3. The fraction of sp³-hybridized carbons (Fsp3) is 0.929. The highest BCUT2D eigenvalue weighted by molar-refractivity contribution is 5.11. The number of hydrogen-bond acceptors (Lipinski definition) is 3. The fourth-order valence-electron chi connectivity index (χ4n) is 2.89. The molecule has 0 aromatic carbocycles. The third-order valence-electron chi connectivity index (χ3n) is 4.09. The Hall–Kier alpha value is -0.590. The van der Waals surface area contributed by atoms with Crippen LogP contribution >= 0.6 is 0 Å². The van der Waals surface area contributed by atoms with Crippen LogP contribution in [0, 0.1) is 17.2 Å². The summed E-state index contributed by atoms with van der Waals surface area (Å²) >= 11 is 0. The van der Waals surface area contributed by atoms with Crippen LogP contribution in [-0.4, -0.2) is 29.6 Å². The highest BCUT2D eigenvalue weighted by atomic mass is 15.1. The molecule has 1 aliphatic carbocycles. The molecule has 17 heavy (non-hydrogen) atoms. The Balaban J connectivity index is 2.46. The van der Waals surface area contributed by atoms with Crippen molar-refractivity contribution in [2.45, 2.75) is 64.5 Å². The van der Waals surface area contributed by atoms with Crippen LogP contribution in [0.4, 0.5) is 0 Å². The molecule has 0 bridgehead atoms. The maximum Gasteiger partial charge on any atom is 0.107 e. The summed E-state index contributed by atoms with van der Waals surface area (Å²) in [6, 6.07) is 2.92. The van der Waals surface area contributed by atoms with E-state index < -0.39 is 5.54 Å². The Labute approximate surface area is 106 Å². The fourth-order valence-corrected chi connectivity index (χ4v) is 2.89. The molecule has 3 nitrogen and oxygen atoms in total. The summed E-state index contributed by atoms with van der Waals surface area (Å²) < 4.78 is 0. The Morgan fingerprint density at radius 3 is 2.71 bits per heavy atom. The summed E-state index contributed by atoms with van der Waals surface area (Å²) in [5.41, 5.74) is 5.61. The number of nitrogens with zero attached hydrogens (tertiary/aromatic N) is 2. The van der Waals surface area contributed by atoms with Gasteiger partial charge in [0, 0.05) is 6.04 Å². The lowest BCUT2D eigenvalue weighted by molar-refractivity contribution is 0.197. The molecule has 0 saturated heterocycles. The zero-order valence-electron chi connectivity index (χ0n) is 11.6. The van der Waals surface area contributed by atoms with E-state index in [1.165, 1.54) is 6.42 Å². The monoisotopic (exact) mass is 237 g/mol. The number of rotatable bonds is 6. The van der Waals surface area contributed by atoms with E-state index in [9.17, 15) is 5.26 Å². The predicted molar refractivity (Wildman–Crippen MR) is 71.5 cm³/mol. The molecule has 0 aliphatic heterocycles. The first-order chi connectivity index (χ1) is 8.03. The summed E-state index contributed by atoms with van der Waals surface area (Å²) in [5, 5.41) is 9.18. The summed E-state index contributed by atoms with van der Waals surface area (Å²) in [4.78, 5) is 2.50. The molecule has 0 heterocycles. The zero-order valence-corrected chi connectivity index (χ0v) is 11.6. The van der Waals surface area contributed by atoms with Crippen LogP contribution in [0.5, 0.6) is 0 Å². The van der Waals surface area contributed by atoms with Crippen molar-refractivity contribution in [2.24, 2.45) is 11.7 Å². The van der Waals surface area contributed by atoms with Gasteiger partial charge in [-0.2, -0.15) is 5.26 Å². The van der Waals surface area contributed by atoms with Crippen LogP contribution in [-0.2, 0) is 0 Å². The van der Waals surface area contributed by atoms with E-state index in [1.807, 2.05) is 0 Å². The quantitative estimate of drug-likeness (QED) is 0.772. The third-order valence-corrected chi connectivity index (χ3v) is 4.09. The van der Waals surface area contributed by atoms with Crippen molar-refractivity contribution in [3.05, 3.63) is 0 Å². The van der Waals surface area contributed by atoms with E-state index in [2.05, 4.69) is 31.7 Å². The molecule has 1 fully saturated rings. The highest BCUT2D eigenvalue weighted by Crippen LogP contribution is 2.35. The van der Waals surface area contributed by atoms with Crippen LogP contribution in [0.1, 0.15) is 52.9 Å². The second-order valence-corrected chi connectivity index (χ2v) is 5.66. The van der Waals surface area contributed by atoms with E-state index >= 15 is 0 Å². The molecule has 2 N–H and O–H groups in total. The molecule has 3 heteroatoms. The largest absolute Gasteiger partial charge is 0.313 e. The van der Waals surface area contributed by atoms with E-state index in [0.29, 0.717) is 12.0 Å². The number of nitriles is 1. The van der Waals surface area contributed by atoms with Crippen molar-refractivity contribution in [1.29, 1.82) is 5.26 Å². The molecule has 98 valence electrons. The molecule has 0 spiro atoms. The number of hydrogen-bond donors (Lipinski definition) is 1. The maximum absolute atomic E-state index is 9.18. The molecular weight excluding hydrogens is 210 g/mol. The van der Waals surface area contributed by atoms with Gasteiger partial charge in [-0.3, -0.25) is 0 Å². The van der Waals surface area contributed by atoms with Crippen molar-refractivity contribution in [3.63, 3.8) is 0 Å². The second-order valence-electron chi connectivity index (χ2n) is 5.66. The molecule has 2 atom stereocenters. The maximum atomic E-state index is 9.18. The summed E-state index contributed by atoms with van der Waals surface area (Å²) in [5.74, 6) is 0.394. The van der Waals surface area contributed by atoms with Gasteiger partial charge >= 0.3 is 0 Å². The molecule has 0 aromatic heterocycles. The average molecular weight is 237 g/mol. The molecule has 1 saturated carbocycles. The molecule has 2 unspecified atom stereocenters. The van der Waals surface area contributed by atoms with Crippen LogP contribution in [0.2, 0.25) is 0 Å². The van der Waals surface area contributed by atoms with Crippen molar-refractivity contribution in [2.75, 3.05) is 13.1 Å². The minimum Gasteiger partial charge on any atom is -0.313 e. The molecule has 0 aromatic rings. The van der Waals surface area contributed by atoms with Gasteiger partial charge in [-0.25, -0.2) is 0 Å². The Kier molecular flexibility index (Phi) is 5.42. The van der Waals surface area contributed by atoms with Gasteiger partial charge in [-0.1, -0.05) is 13.3 Å². The second kappa shape index (κ2) is 6.37. The van der Waals surface area contributed by atoms with Gasteiger partial charge in [-0.05, 0) is 58.5 Å². The van der Waals surface area contributed by atoms with Gasteiger partial charge in [0.2, 0.25) is 0 Å². The predicted octanol–water partition coefficient (Wildman–Crippen LogP) is 2.52. The molecule has 0 amide bonds. The van der Waals surface area contributed by atoms with Gasteiger partial charge in [0.1, 0.15) is 5.54 Å². The Morgan fingerprint density at radius 1 is 1.47 bits per heavy atom. The van der Waals surface area contributed by atoms with Crippen molar-refractivity contribution < 1.29 is 0 Å². The van der Waals surface area contributed by atoms with Gasteiger partial charge in [0.25, 0.3) is 0 Å². The van der Waals surface area contributed by atoms with E-state index in [0.717, 1.165) is 38.8 Å². The lowest BCUT2D eigenvalue weighted by atomic mass is 9.87. The molecular formula is C14H27N3. The summed E-state index contributed by atoms with van der Waals surface area (Å²) in [6.07, 6.45) is 5.38. The molecule has 1 rings (SSSR count). The van der Waals surface area contributed by atoms with Gasteiger partial charge in [-0.15, -0.1) is 0 Å².